The van der Waals surface area contributed by atoms with Crippen LogP contribution in [-0.2, 0) is 9.59 Å². The Kier molecular flexibility index (Phi) is 6.69. The maximum absolute atomic E-state index is 13.1. The minimum Gasteiger partial charge on any atom is -0.497 e. The molecule has 1 saturated heterocycles. The first-order chi connectivity index (χ1) is 13.6. The lowest BCUT2D eigenvalue weighted by molar-refractivity contribution is -0.132. The minimum atomic E-state index is -0.00762. The molecule has 148 valence electrons. The van der Waals surface area contributed by atoms with Gasteiger partial charge in [0.15, 0.2) is 0 Å². The molecule has 2 aromatic carbocycles. The van der Waals surface area contributed by atoms with Crippen molar-refractivity contribution in [2.45, 2.75) is 25.7 Å². The van der Waals surface area contributed by atoms with Crippen molar-refractivity contribution in [1.29, 1.82) is 0 Å². The third-order valence-electron chi connectivity index (χ3n) is 5.39. The lowest BCUT2D eigenvalue weighted by Gasteiger charge is -2.25. The summed E-state index contributed by atoms with van der Waals surface area (Å²) in [7, 11) is 1.65. The maximum Gasteiger partial charge on any atom is 0.223 e. The van der Waals surface area contributed by atoms with Crippen molar-refractivity contribution in [2.75, 3.05) is 33.3 Å². The van der Waals surface area contributed by atoms with Crippen molar-refractivity contribution in [3.05, 3.63) is 65.7 Å². The Bertz CT molecular complexity index is 789. The lowest BCUT2D eigenvalue weighted by Crippen LogP contribution is -2.37. The number of amides is 2. The van der Waals surface area contributed by atoms with E-state index in [9.17, 15) is 9.59 Å². The highest BCUT2D eigenvalue weighted by molar-refractivity contribution is 5.78. The van der Waals surface area contributed by atoms with Crippen LogP contribution in [0.5, 0.6) is 5.75 Å². The minimum absolute atomic E-state index is 0.00762. The predicted molar refractivity (Wildman–Crippen MR) is 109 cm³/mol. The van der Waals surface area contributed by atoms with Gasteiger partial charge in [-0.15, -0.1) is 0 Å². The van der Waals surface area contributed by atoms with Gasteiger partial charge in [0, 0.05) is 45.4 Å². The largest absolute Gasteiger partial charge is 0.497 e. The molecule has 0 radical (unpaired) electrons. The zero-order chi connectivity index (χ0) is 19.9. The summed E-state index contributed by atoms with van der Waals surface area (Å²) in [4.78, 5) is 28.5. The number of rotatable bonds is 5. The first kappa shape index (κ1) is 19.9. The Morgan fingerprint density at radius 1 is 0.893 bits per heavy atom. The molecule has 28 heavy (non-hydrogen) atoms. The van der Waals surface area contributed by atoms with E-state index in [0.29, 0.717) is 26.1 Å². The molecule has 1 atom stereocenters. The topological polar surface area (TPSA) is 49.9 Å². The van der Waals surface area contributed by atoms with Crippen molar-refractivity contribution in [1.82, 2.24) is 9.80 Å². The zero-order valence-corrected chi connectivity index (χ0v) is 16.6. The highest BCUT2D eigenvalue weighted by atomic mass is 16.5. The van der Waals surface area contributed by atoms with Gasteiger partial charge in [-0.25, -0.2) is 0 Å². The molecule has 1 aliphatic rings. The van der Waals surface area contributed by atoms with Crippen LogP contribution in [-0.4, -0.2) is 54.9 Å². The average molecular weight is 380 g/mol. The molecule has 0 unspecified atom stereocenters. The molecule has 0 aliphatic carbocycles. The fourth-order valence-electron chi connectivity index (χ4n) is 3.74. The summed E-state index contributed by atoms with van der Waals surface area (Å²) in [5, 5.41) is 0. The second kappa shape index (κ2) is 9.40. The van der Waals surface area contributed by atoms with Gasteiger partial charge in [-0.05, 0) is 29.7 Å². The summed E-state index contributed by atoms with van der Waals surface area (Å²) in [5.41, 5.74) is 2.22. The van der Waals surface area contributed by atoms with Crippen LogP contribution < -0.4 is 4.74 Å². The van der Waals surface area contributed by atoms with Crippen molar-refractivity contribution < 1.29 is 14.3 Å². The highest BCUT2D eigenvalue weighted by Gasteiger charge is 2.24. The summed E-state index contributed by atoms with van der Waals surface area (Å²) >= 11 is 0. The fourth-order valence-corrected chi connectivity index (χ4v) is 3.74. The summed E-state index contributed by atoms with van der Waals surface area (Å²) < 4.78 is 5.27. The van der Waals surface area contributed by atoms with Gasteiger partial charge in [-0.2, -0.15) is 0 Å². The molecule has 0 N–H and O–H groups in total. The Hall–Kier alpha value is -2.82. The number of ether oxygens (including phenoxy) is 1. The van der Waals surface area contributed by atoms with Crippen molar-refractivity contribution in [3.63, 3.8) is 0 Å². The number of methoxy groups -OCH3 is 1. The average Bonchev–Trinajstić information content (AvgIpc) is 2.99. The molecule has 5 heteroatoms. The maximum atomic E-state index is 13.1. The van der Waals surface area contributed by atoms with E-state index in [0.717, 1.165) is 29.8 Å². The molecule has 1 aliphatic heterocycles. The van der Waals surface area contributed by atoms with Crippen LogP contribution in [0.4, 0.5) is 0 Å². The Morgan fingerprint density at radius 3 is 2.14 bits per heavy atom. The summed E-state index contributed by atoms with van der Waals surface area (Å²) in [6.07, 6.45) is 1.24. The number of carbonyl (C=O) groups is 2. The first-order valence-electron chi connectivity index (χ1n) is 9.80. The van der Waals surface area contributed by atoms with Crippen LogP contribution >= 0.6 is 0 Å². The van der Waals surface area contributed by atoms with Crippen molar-refractivity contribution in [3.8, 4) is 5.75 Å². The molecule has 0 bridgehead atoms. The van der Waals surface area contributed by atoms with E-state index in [1.807, 2.05) is 52.3 Å². The lowest BCUT2D eigenvalue weighted by atomic mass is 9.88. The van der Waals surface area contributed by atoms with E-state index in [2.05, 4.69) is 12.1 Å². The molecular formula is C23H28N2O3. The molecule has 0 spiro atoms. The molecule has 0 saturated carbocycles. The van der Waals surface area contributed by atoms with Crippen molar-refractivity contribution in [2.24, 2.45) is 0 Å². The molecule has 5 nitrogen and oxygen atoms in total. The van der Waals surface area contributed by atoms with Crippen molar-refractivity contribution >= 4 is 11.8 Å². The van der Waals surface area contributed by atoms with E-state index in [1.54, 1.807) is 14.0 Å². The molecule has 1 fully saturated rings. The van der Waals surface area contributed by atoms with E-state index in [-0.39, 0.29) is 17.7 Å². The van der Waals surface area contributed by atoms with Gasteiger partial charge in [-0.1, -0.05) is 42.5 Å². The summed E-state index contributed by atoms with van der Waals surface area (Å²) in [6, 6.07) is 18.1. The van der Waals surface area contributed by atoms with E-state index in [4.69, 9.17) is 4.74 Å². The normalized spacial score (nSPS) is 15.6. The summed E-state index contributed by atoms with van der Waals surface area (Å²) in [5.74, 6) is 1.01. The van der Waals surface area contributed by atoms with Crippen LogP contribution in [0, 0.1) is 0 Å². The Balaban J connectivity index is 1.77. The van der Waals surface area contributed by atoms with E-state index < -0.39 is 0 Å². The van der Waals surface area contributed by atoms with Crippen LogP contribution in [0.3, 0.4) is 0 Å². The van der Waals surface area contributed by atoms with E-state index in [1.165, 1.54) is 0 Å². The monoisotopic (exact) mass is 380 g/mol. The zero-order valence-electron chi connectivity index (χ0n) is 16.6. The molecule has 2 amide bonds. The number of hydrogen-bond donors (Lipinski definition) is 0. The fraction of sp³-hybridized carbons (Fsp3) is 0.391. The highest BCUT2D eigenvalue weighted by Crippen LogP contribution is 2.30. The van der Waals surface area contributed by atoms with Crippen LogP contribution in [0.1, 0.15) is 36.8 Å². The molecule has 0 aromatic heterocycles. The van der Waals surface area contributed by atoms with Gasteiger partial charge < -0.3 is 14.5 Å². The van der Waals surface area contributed by atoms with Crippen LogP contribution in [0.25, 0.3) is 0 Å². The molecule has 2 aromatic rings. The van der Waals surface area contributed by atoms with Gasteiger partial charge >= 0.3 is 0 Å². The second-order valence-corrected chi connectivity index (χ2v) is 7.18. The molecule has 3 rings (SSSR count). The van der Waals surface area contributed by atoms with Crippen LogP contribution in [0.2, 0.25) is 0 Å². The smallest absolute Gasteiger partial charge is 0.223 e. The Morgan fingerprint density at radius 2 is 1.50 bits per heavy atom. The molecule has 1 heterocycles. The molecular weight excluding hydrogens is 352 g/mol. The third-order valence-corrected chi connectivity index (χ3v) is 5.39. The van der Waals surface area contributed by atoms with Gasteiger partial charge in [0.05, 0.1) is 7.11 Å². The van der Waals surface area contributed by atoms with E-state index >= 15 is 0 Å². The third kappa shape index (κ3) is 4.91. The summed E-state index contributed by atoms with van der Waals surface area (Å²) in [6.45, 7) is 4.22. The second-order valence-electron chi connectivity index (χ2n) is 7.18. The number of carbonyl (C=O) groups excluding carboxylic acids is 2. The number of benzene rings is 2. The van der Waals surface area contributed by atoms with Gasteiger partial charge in [-0.3, -0.25) is 9.59 Å². The number of nitrogens with zero attached hydrogens (tertiary/aromatic N) is 2. The SMILES string of the molecule is COc1ccc([C@H](CC(=O)N2CCCN(C(C)=O)CC2)c2ccccc2)cc1. The van der Waals surface area contributed by atoms with Gasteiger partial charge in [0.2, 0.25) is 11.8 Å². The Labute approximate surface area is 166 Å². The first-order valence-corrected chi connectivity index (χ1v) is 9.80. The van der Waals surface area contributed by atoms with Gasteiger partial charge in [0.1, 0.15) is 5.75 Å². The van der Waals surface area contributed by atoms with Crippen LogP contribution in [0.15, 0.2) is 54.6 Å². The quantitative estimate of drug-likeness (QED) is 0.800. The van der Waals surface area contributed by atoms with Gasteiger partial charge in [0.25, 0.3) is 0 Å². The number of hydrogen-bond acceptors (Lipinski definition) is 3. The predicted octanol–water partition coefficient (Wildman–Crippen LogP) is 3.30. The standard InChI is InChI=1S/C23H28N2O3/c1-18(26)24-13-6-14-25(16-15-24)23(27)17-22(19-7-4-3-5-8-19)20-9-11-21(28-2)12-10-20/h3-5,7-12,22H,6,13-17H2,1-2H3/t22-/m1/s1.